The van der Waals surface area contributed by atoms with Crippen LogP contribution >= 0.6 is 0 Å². The van der Waals surface area contributed by atoms with Crippen molar-refractivity contribution in [2.24, 2.45) is 0 Å². The monoisotopic (exact) mass is 678 g/mol. The topological polar surface area (TPSA) is 161 Å². The standard InChI is InChI=1S/C34H46O14/c1-3-5-23-39-29-19-15-27(16-20-29)31(35)43-47-45-33(37)41-25-13-11-9-7-8-10-12-14-26-42-34(38)46-48-44-32(36)28-17-21-30(22-18-28)40-24-6-4-2/h15-22H,3-14,23-26H2,1-2H3. The lowest BCUT2D eigenvalue weighted by Gasteiger charge is -2.06. The molecule has 0 heterocycles. The van der Waals surface area contributed by atoms with Gasteiger partial charge in [-0.15, -0.1) is 0 Å². The van der Waals surface area contributed by atoms with Gasteiger partial charge in [0.1, 0.15) is 11.5 Å². The molecule has 0 saturated carbocycles. The highest BCUT2D eigenvalue weighted by Gasteiger charge is 2.14. The Morgan fingerprint density at radius 3 is 1.15 bits per heavy atom. The Morgan fingerprint density at radius 1 is 0.438 bits per heavy atom. The average Bonchev–Trinajstić information content (AvgIpc) is 3.09. The Balaban J connectivity index is 1.36. The summed E-state index contributed by atoms with van der Waals surface area (Å²) in [7, 11) is 0. The van der Waals surface area contributed by atoms with Gasteiger partial charge in [-0.3, -0.25) is 9.78 Å². The predicted molar refractivity (Wildman–Crippen MR) is 168 cm³/mol. The fraction of sp³-hybridized carbons (Fsp3) is 0.529. The summed E-state index contributed by atoms with van der Waals surface area (Å²) in [5, 5.41) is 8.45. The van der Waals surface area contributed by atoms with Gasteiger partial charge < -0.3 is 18.9 Å². The van der Waals surface area contributed by atoms with Crippen LogP contribution in [-0.4, -0.2) is 50.7 Å². The summed E-state index contributed by atoms with van der Waals surface area (Å²) in [6.07, 6.45) is 8.51. The lowest BCUT2D eigenvalue weighted by Crippen LogP contribution is -2.12. The Morgan fingerprint density at radius 2 is 0.792 bits per heavy atom. The second-order valence-electron chi connectivity index (χ2n) is 10.5. The second-order valence-corrected chi connectivity index (χ2v) is 10.5. The van der Waals surface area contributed by atoms with Crippen LogP contribution in [0.5, 0.6) is 11.5 Å². The van der Waals surface area contributed by atoms with E-state index in [9.17, 15) is 19.2 Å². The van der Waals surface area contributed by atoms with E-state index in [1.165, 1.54) is 24.3 Å². The maximum absolute atomic E-state index is 11.9. The molecule has 0 radical (unpaired) electrons. The fourth-order valence-corrected chi connectivity index (χ4v) is 3.91. The molecule has 0 spiro atoms. The van der Waals surface area contributed by atoms with Crippen molar-refractivity contribution < 1.29 is 67.8 Å². The molecule has 14 nitrogen and oxygen atoms in total. The quantitative estimate of drug-likeness (QED) is 0.0428. The number of hydrogen-bond acceptors (Lipinski definition) is 14. The molecule has 0 aromatic heterocycles. The summed E-state index contributed by atoms with van der Waals surface area (Å²) >= 11 is 0. The first kappa shape index (κ1) is 39.6. The third-order valence-corrected chi connectivity index (χ3v) is 6.62. The van der Waals surface area contributed by atoms with Gasteiger partial charge in [-0.25, -0.2) is 29.0 Å². The van der Waals surface area contributed by atoms with Crippen LogP contribution in [0.1, 0.15) is 112 Å². The van der Waals surface area contributed by atoms with E-state index in [1.807, 2.05) is 0 Å². The molecule has 0 fully saturated rings. The van der Waals surface area contributed by atoms with Crippen LogP contribution in [0.2, 0.25) is 0 Å². The van der Waals surface area contributed by atoms with Crippen molar-refractivity contribution in [1.29, 1.82) is 0 Å². The molecule has 0 unspecified atom stereocenters. The number of hydrogen-bond donors (Lipinski definition) is 0. The predicted octanol–water partition coefficient (Wildman–Crippen LogP) is 8.18. The zero-order valence-corrected chi connectivity index (χ0v) is 27.6. The van der Waals surface area contributed by atoms with Gasteiger partial charge in [0, 0.05) is 0 Å². The number of ether oxygens (including phenoxy) is 4. The van der Waals surface area contributed by atoms with Gasteiger partial charge in [-0.05, 0) is 74.2 Å². The van der Waals surface area contributed by atoms with E-state index in [2.05, 4.69) is 43.5 Å². The van der Waals surface area contributed by atoms with Crippen LogP contribution < -0.4 is 9.47 Å². The molecule has 266 valence electrons. The average molecular weight is 679 g/mol. The minimum absolute atomic E-state index is 0.133. The molecule has 0 saturated heterocycles. The molecule has 0 atom stereocenters. The lowest BCUT2D eigenvalue weighted by molar-refractivity contribution is -0.452. The van der Waals surface area contributed by atoms with E-state index < -0.39 is 24.2 Å². The van der Waals surface area contributed by atoms with Gasteiger partial charge in [-0.2, -0.15) is 0 Å². The highest BCUT2D eigenvalue weighted by Crippen LogP contribution is 2.15. The molecule has 2 rings (SSSR count). The highest BCUT2D eigenvalue weighted by molar-refractivity contribution is 5.89. The van der Waals surface area contributed by atoms with Crippen molar-refractivity contribution in [2.75, 3.05) is 26.4 Å². The van der Waals surface area contributed by atoms with Gasteiger partial charge in [0.05, 0.1) is 47.6 Å². The zero-order chi connectivity index (χ0) is 34.7. The summed E-state index contributed by atoms with van der Waals surface area (Å²) in [5.41, 5.74) is 0.393. The Hall–Kier alpha value is -4.56. The van der Waals surface area contributed by atoms with Gasteiger partial charge in [0.2, 0.25) is 0 Å². The van der Waals surface area contributed by atoms with E-state index in [0.717, 1.165) is 64.2 Å². The van der Waals surface area contributed by atoms with Gasteiger partial charge in [0.15, 0.2) is 0 Å². The molecule has 0 bridgehead atoms. The molecule has 0 aliphatic heterocycles. The molecule has 0 N–H and O–H groups in total. The first-order valence-electron chi connectivity index (χ1n) is 16.3. The van der Waals surface area contributed by atoms with Crippen LogP contribution in [0.4, 0.5) is 9.59 Å². The Kier molecular flexibility index (Phi) is 21.1. The second kappa shape index (κ2) is 25.5. The van der Waals surface area contributed by atoms with Crippen LogP contribution in [0, 0.1) is 0 Å². The zero-order valence-electron chi connectivity index (χ0n) is 27.6. The molecule has 2 aromatic carbocycles. The maximum Gasteiger partial charge on any atom is 0.543 e. The molecule has 14 heteroatoms. The van der Waals surface area contributed by atoms with E-state index in [0.29, 0.717) is 37.6 Å². The van der Waals surface area contributed by atoms with Crippen LogP contribution in [-0.2, 0) is 39.1 Å². The van der Waals surface area contributed by atoms with E-state index in [-0.39, 0.29) is 24.3 Å². The third-order valence-electron chi connectivity index (χ3n) is 6.62. The summed E-state index contributed by atoms with van der Waals surface area (Å²) in [5.74, 6) is -0.416. The summed E-state index contributed by atoms with van der Waals surface area (Å²) in [6.45, 7) is 5.57. The molecule has 2 aromatic rings. The summed E-state index contributed by atoms with van der Waals surface area (Å²) < 4.78 is 20.8. The van der Waals surface area contributed by atoms with Crippen LogP contribution in [0.25, 0.3) is 0 Å². The van der Waals surface area contributed by atoms with Gasteiger partial charge >= 0.3 is 24.2 Å². The summed E-state index contributed by atoms with van der Waals surface area (Å²) in [4.78, 5) is 64.5. The molecule has 0 aliphatic carbocycles. The number of unbranched alkanes of at least 4 members (excludes halogenated alkanes) is 9. The van der Waals surface area contributed by atoms with Crippen molar-refractivity contribution in [3.63, 3.8) is 0 Å². The Bertz CT molecular complexity index is 1090. The molecular weight excluding hydrogens is 632 g/mol. The number of carbonyl (C=O) groups is 4. The molecule has 0 aliphatic rings. The molecule has 0 amide bonds. The van der Waals surface area contributed by atoms with Crippen molar-refractivity contribution in [2.45, 2.75) is 90.9 Å². The lowest BCUT2D eigenvalue weighted by atomic mass is 10.1. The van der Waals surface area contributed by atoms with Crippen molar-refractivity contribution >= 4 is 24.2 Å². The van der Waals surface area contributed by atoms with Crippen molar-refractivity contribution in [1.82, 2.24) is 0 Å². The first-order chi connectivity index (χ1) is 23.4. The van der Waals surface area contributed by atoms with Gasteiger partial charge in [-0.1, -0.05) is 65.2 Å². The summed E-state index contributed by atoms with van der Waals surface area (Å²) in [6, 6.07) is 12.5. The largest absolute Gasteiger partial charge is 0.543 e. The van der Waals surface area contributed by atoms with E-state index >= 15 is 0 Å². The normalized spacial score (nSPS) is 10.5. The number of benzene rings is 2. The maximum atomic E-state index is 11.9. The minimum atomic E-state index is -1.12. The van der Waals surface area contributed by atoms with Crippen LogP contribution in [0.3, 0.4) is 0 Å². The third kappa shape index (κ3) is 18.6. The Labute approximate surface area is 280 Å². The van der Waals surface area contributed by atoms with Gasteiger partial charge in [0.25, 0.3) is 0 Å². The molecule has 48 heavy (non-hydrogen) atoms. The van der Waals surface area contributed by atoms with Crippen molar-refractivity contribution in [3.8, 4) is 11.5 Å². The van der Waals surface area contributed by atoms with Crippen LogP contribution in [0.15, 0.2) is 48.5 Å². The minimum Gasteiger partial charge on any atom is -0.494 e. The fourth-order valence-electron chi connectivity index (χ4n) is 3.91. The highest BCUT2D eigenvalue weighted by atomic mass is 17.5. The first-order valence-corrected chi connectivity index (χ1v) is 16.3. The smallest absolute Gasteiger partial charge is 0.494 e. The SMILES string of the molecule is CCCCOc1ccc(C(=O)OOOC(=O)OCCCCCCCCCCOC(=O)OOOC(=O)c2ccc(OCCCC)cc2)cc1. The van der Waals surface area contributed by atoms with E-state index in [4.69, 9.17) is 18.9 Å². The number of rotatable bonds is 25. The number of carbonyl (C=O) groups excluding carboxylic acids is 4. The van der Waals surface area contributed by atoms with Crippen molar-refractivity contribution in [3.05, 3.63) is 59.7 Å². The van der Waals surface area contributed by atoms with E-state index in [1.54, 1.807) is 24.3 Å². The molecular formula is C34H46O14.